The number of nitrogens with one attached hydrogen (secondary N) is 1. The van der Waals surface area contributed by atoms with E-state index >= 15 is 0 Å². The molecule has 5 heteroatoms. The van der Waals surface area contributed by atoms with E-state index in [0.29, 0.717) is 13.2 Å². The van der Waals surface area contributed by atoms with Crippen LogP contribution in [-0.2, 0) is 9.53 Å². The third kappa shape index (κ3) is 2.64. The van der Waals surface area contributed by atoms with Crippen LogP contribution in [0.4, 0.5) is 5.69 Å². The Morgan fingerprint density at radius 1 is 1.45 bits per heavy atom. The highest BCUT2D eigenvalue weighted by molar-refractivity contribution is 5.95. The van der Waals surface area contributed by atoms with Crippen LogP contribution in [0.25, 0.3) is 0 Å². The van der Waals surface area contributed by atoms with Crippen LogP contribution in [-0.4, -0.2) is 44.4 Å². The minimum absolute atomic E-state index is 0.00363. The quantitative estimate of drug-likeness (QED) is 0.900. The van der Waals surface area contributed by atoms with Crippen molar-refractivity contribution in [2.45, 2.75) is 18.9 Å². The molecule has 3 rings (SSSR count). The number of carbonyl (C=O) groups is 1. The van der Waals surface area contributed by atoms with Crippen molar-refractivity contribution in [2.75, 3.05) is 37.7 Å². The minimum Gasteiger partial charge on any atom is -0.491 e. The van der Waals surface area contributed by atoms with Gasteiger partial charge >= 0.3 is 0 Å². The van der Waals surface area contributed by atoms with Crippen LogP contribution in [0, 0.1) is 0 Å². The van der Waals surface area contributed by atoms with E-state index in [2.05, 4.69) is 5.32 Å². The summed E-state index contributed by atoms with van der Waals surface area (Å²) < 4.78 is 11.4. The Morgan fingerprint density at radius 3 is 3.00 bits per heavy atom. The van der Waals surface area contributed by atoms with Gasteiger partial charge < -0.3 is 19.7 Å². The van der Waals surface area contributed by atoms with Crippen LogP contribution in [0.2, 0.25) is 0 Å². The number of hydrogen-bond donors (Lipinski definition) is 1. The average molecular weight is 276 g/mol. The summed E-state index contributed by atoms with van der Waals surface area (Å²) in [5.74, 6) is 0.769. The number of amides is 1. The monoisotopic (exact) mass is 276 g/mol. The van der Waals surface area contributed by atoms with Crippen molar-refractivity contribution in [3.8, 4) is 5.75 Å². The van der Waals surface area contributed by atoms with Crippen molar-refractivity contribution in [2.24, 2.45) is 0 Å². The fourth-order valence-corrected chi connectivity index (χ4v) is 2.48. The maximum Gasteiger partial charge on any atom is 0.253 e. The molecule has 1 amide bonds. The zero-order valence-electron chi connectivity index (χ0n) is 11.7. The van der Waals surface area contributed by atoms with Gasteiger partial charge in [0.05, 0.1) is 17.9 Å². The fraction of sp³-hybridized carbons (Fsp3) is 0.533. The molecule has 0 unspecified atom stereocenters. The minimum atomic E-state index is -0.197. The van der Waals surface area contributed by atoms with Crippen molar-refractivity contribution in [1.29, 1.82) is 0 Å². The highest BCUT2D eigenvalue weighted by Gasteiger charge is 2.34. The van der Waals surface area contributed by atoms with Crippen molar-refractivity contribution in [3.63, 3.8) is 0 Å². The number of ether oxygens (including phenoxy) is 2. The lowest BCUT2D eigenvalue weighted by Crippen LogP contribution is -2.59. The van der Waals surface area contributed by atoms with Gasteiger partial charge in [-0.15, -0.1) is 0 Å². The molecule has 2 heterocycles. The van der Waals surface area contributed by atoms with Gasteiger partial charge in [0.1, 0.15) is 12.4 Å². The second-order valence-electron chi connectivity index (χ2n) is 5.56. The predicted octanol–water partition coefficient (Wildman–Crippen LogP) is 1.18. The van der Waals surface area contributed by atoms with Crippen LogP contribution in [0.3, 0.4) is 0 Å². The molecule has 0 aromatic heterocycles. The Morgan fingerprint density at radius 2 is 2.25 bits per heavy atom. The molecule has 0 bridgehead atoms. The van der Waals surface area contributed by atoms with Crippen molar-refractivity contribution in [1.82, 2.24) is 5.32 Å². The summed E-state index contributed by atoms with van der Waals surface area (Å²) in [4.78, 5) is 14.2. The Bertz CT molecular complexity index is 500. The van der Waals surface area contributed by atoms with Gasteiger partial charge in [-0.1, -0.05) is 12.1 Å². The maximum atomic E-state index is 12.4. The molecule has 108 valence electrons. The molecular weight excluding hydrogens is 256 g/mol. The van der Waals surface area contributed by atoms with E-state index in [9.17, 15) is 4.79 Å². The molecule has 5 nitrogen and oxygen atoms in total. The van der Waals surface area contributed by atoms with E-state index in [4.69, 9.17) is 9.47 Å². The lowest BCUT2D eigenvalue weighted by molar-refractivity contribution is -0.133. The summed E-state index contributed by atoms with van der Waals surface area (Å²) in [6.07, 6.45) is 0.833. The fourth-order valence-electron chi connectivity index (χ4n) is 2.48. The van der Waals surface area contributed by atoms with E-state index in [1.54, 1.807) is 4.90 Å². The molecule has 1 saturated heterocycles. The van der Waals surface area contributed by atoms with E-state index < -0.39 is 0 Å². The second kappa shape index (κ2) is 5.42. The molecule has 2 aliphatic heterocycles. The number of nitrogens with zero attached hydrogens (tertiary/aromatic N) is 1. The predicted molar refractivity (Wildman–Crippen MR) is 76.1 cm³/mol. The molecule has 1 fully saturated rings. The Labute approximate surface area is 118 Å². The summed E-state index contributed by atoms with van der Waals surface area (Å²) in [5, 5.41) is 3.16. The van der Waals surface area contributed by atoms with Gasteiger partial charge in [0.15, 0.2) is 0 Å². The standard InChI is InChI=1S/C15H20N2O3/c1-15(10-16-11-15)20-9-14(18)17-7-4-8-19-13-6-3-2-5-12(13)17/h2-3,5-6,16H,4,7-11H2,1H3. The van der Waals surface area contributed by atoms with Crippen LogP contribution in [0.15, 0.2) is 24.3 Å². The van der Waals surface area contributed by atoms with Gasteiger partial charge in [-0.2, -0.15) is 0 Å². The summed E-state index contributed by atoms with van der Waals surface area (Å²) in [6, 6.07) is 7.67. The Balaban J connectivity index is 1.70. The van der Waals surface area contributed by atoms with Crippen LogP contribution < -0.4 is 15.0 Å². The zero-order chi connectivity index (χ0) is 14.0. The highest BCUT2D eigenvalue weighted by Crippen LogP contribution is 2.30. The third-order valence-electron chi connectivity index (χ3n) is 3.78. The largest absolute Gasteiger partial charge is 0.491 e. The second-order valence-corrected chi connectivity index (χ2v) is 5.56. The molecular formula is C15H20N2O3. The third-order valence-corrected chi connectivity index (χ3v) is 3.78. The van der Waals surface area contributed by atoms with E-state index in [-0.39, 0.29) is 18.1 Å². The van der Waals surface area contributed by atoms with Crippen LogP contribution >= 0.6 is 0 Å². The molecule has 0 atom stereocenters. The summed E-state index contributed by atoms with van der Waals surface area (Å²) in [7, 11) is 0. The molecule has 20 heavy (non-hydrogen) atoms. The molecule has 1 aromatic carbocycles. The molecule has 1 aromatic rings. The SMILES string of the molecule is CC1(OCC(=O)N2CCCOc3ccccc32)CNC1. The molecule has 0 radical (unpaired) electrons. The zero-order valence-corrected chi connectivity index (χ0v) is 11.7. The summed E-state index contributed by atoms with van der Waals surface area (Å²) in [6.45, 7) is 5.07. The molecule has 1 N–H and O–H groups in total. The lowest BCUT2D eigenvalue weighted by atomic mass is 10.0. The number of fused-ring (bicyclic) bond motifs is 1. The number of benzene rings is 1. The number of para-hydroxylation sites is 2. The van der Waals surface area contributed by atoms with Crippen molar-refractivity contribution in [3.05, 3.63) is 24.3 Å². The number of anilines is 1. The Kier molecular flexibility index (Phi) is 3.63. The van der Waals surface area contributed by atoms with Crippen molar-refractivity contribution < 1.29 is 14.3 Å². The van der Waals surface area contributed by atoms with Crippen LogP contribution in [0.1, 0.15) is 13.3 Å². The maximum absolute atomic E-state index is 12.4. The van der Waals surface area contributed by atoms with Gasteiger partial charge in [-0.3, -0.25) is 4.79 Å². The highest BCUT2D eigenvalue weighted by atomic mass is 16.5. The first-order chi connectivity index (χ1) is 9.68. The number of carbonyl (C=O) groups excluding carboxylic acids is 1. The van der Waals surface area contributed by atoms with E-state index in [1.807, 2.05) is 31.2 Å². The van der Waals surface area contributed by atoms with Crippen LogP contribution in [0.5, 0.6) is 5.75 Å². The van der Waals surface area contributed by atoms with Gasteiger partial charge in [-0.25, -0.2) is 0 Å². The molecule has 0 spiro atoms. The first-order valence-corrected chi connectivity index (χ1v) is 7.05. The first-order valence-electron chi connectivity index (χ1n) is 7.05. The summed E-state index contributed by atoms with van der Waals surface area (Å²) in [5.41, 5.74) is 0.646. The lowest BCUT2D eigenvalue weighted by Gasteiger charge is -2.39. The van der Waals surface area contributed by atoms with Gasteiger partial charge in [0, 0.05) is 19.6 Å². The van der Waals surface area contributed by atoms with E-state index in [0.717, 1.165) is 30.9 Å². The average Bonchev–Trinajstić information content (AvgIpc) is 2.65. The van der Waals surface area contributed by atoms with Gasteiger partial charge in [0.2, 0.25) is 0 Å². The normalized spacial score (nSPS) is 20.4. The number of rotatable bonds is 3. The van der Waals surface area contributed by atoms with E-state index in [1.165, 1.54) is 0 Å². The number of hydrogen-bond acceptors (Lipinski definition) is 4. The molecule has 2 aliphatic rings. The first kappa shape index (κ1) is 13.4. The van der Waals surface area contributed by atoms with Gasteiger partial charge in [-0.05, 0) is 25.5 Å². The molecule has 0 saturated carbocycles. The smallest absolute Gasteiger partial charge is 0.253 e. The Hall–Kier alpha value is -1.59. The summed E-state index contributed by atoms with van der Waals surface area (Å²) >= 11 is 0. The van der Waals surface area contributed by atoms with Gasteiger partial charge in [0.25, 0.3) is 5.91 Å². The van der Waals surface area contributed by atoms with Crippen molar-refractivity contribution >= 4 is 11.6 Å². The molecule has 0 aliphatic carbocycles. The topological polar surface area (TPSA) is 50.8 Å².